The van der Waals surface area contributed by atoms with Crippen LogP contribution in [0.4, 0.5) is 0 Å². The molecule has 0 radical (unpaired) electrons. The number of hydrogen-bond acceptors (Lipinski definition) is 4. The number of benzene rings is 1. The lowest BCUT2D eigenvalue weighted by molar-refractivity contribution is -0.131. The number of amides is 1. The van der Waals surface area contributed by atoms with Crippen LogP contribution in [0.1, 0.15) is 19.4 Å². The van der Waals surface area contributed by atoms with Crippen LogP contribution >= 0.6 is 11.6 Å². The molecule has 0 bridgehead atoms. The molecule has 0 atom stereocenters. The molecule has 5 nitrogen and oxygen atoms in total. The predicted molar refractivity (Wildman–Crippen MR) is 93.3 cm³/mol. The third kappa shape index (κ3) is 3.12. The first kappa shape index (κ1) is 16.5. The Bertz CT molecular complexity index is 738. The predicted octanol–water partition coefficient (Wildman–Crippen LogP) is 3.24. The number of carbonyl (C=O) groups is 1. The number of aliphatic hydroxyl groups excluding tert-OH is 1. The van der Waals surface area contributed by atoms with E-state index < -0.39 is 0 Å². The van der Waals surface area contributed by atoms with Gasteiger partial charge in [-0.1, -0.05) is 55.8 Å². The van der Waals surface area contributed by atoms with Crippen molar-refractivity contribution in [2.45, 2.75) is 20.3 Å². The van der Waals surface area contributed by atoms with Crippen molar-refractivity contribution in [3.05, 3.63) is 70.5 Å². The Labute approximate surface area is 146 Å². The maximum Gasteiger partial charge on any atom is 0.279 e. The van der Waals surface area contributed by atoms with Gasteiger partial charge in [0.1, 0.15) is 11.0 Å². The van der Waals surface area contributed by atoms with Crippen LogP contribution in [0.3, 0.4) is 0 Å². The van der Waals surface area contributed by atoms with Crippen LogP contribution in [0.2, 0.25) is 0 Å². The van der Waals surface area contributed by atoms with Crippen molar-refractivity contribution in [1.82, 2.24) is 15.3 Å². The molecule has 1 aromatic rings. The summed E-state index contributed by atoms with van der Waals surface area (Å²) < 4.78 is 0. The number of fused-ring (bicyclic) bond motifs is 1. The topological polar surface area (TPSA) is 55.8 Å². The second kappa shape index (κ2) is 6.61. The molecule has 0 saturated carbocycles. The molecule has 2 heterocycles. The number of allylic oxidation sites excluding steroid dienone is 2. The molecule has 126 valence electrons. The Hall–Kier alpha value is -2.40. The van der Waals surface area contributed by atoms with E-state index >= 15 is 0 Å². The Kier molecular flexibility index (Phi) is 4.53. The average Bonchev–Trinajstić information content (AvgIpc) is 2.56. The minimum absolute atomic E-state index is 0.00766. The third-order valence-corrected chi connectivity index (χ3v) is 4.07. The summed E-state index contributed by atoms with van der Waals surface area (Å²) in [7, 11) is 0. The summed E-state index contributed by atoms with van der Waals surface area (Å²) in [5.41, 5.74) is 4.17. The molecule has 0 saturated heterocycles. The zero-order chi connectivity index (χ0) is 17.3. The fourth-order valence-corrected chi connectivity index (χ4v) is 2.94. The van der Waals surface area contributed by atoms with Crippen LogP contribution in [0.25, 0.3) is 0 Å². The molecule has 3 rings (SSSR count). The van der Waals surface area contributed by atoms with Crippen LogP contribution in [-0.2, 0) is 11.2 Å². The van der Waals surface area contributed by atoms with E-state index in [-0.39, 0.29) is 11.8 Å². The maximum atomic E-state index is 12.8. The number of aliphatic hydroxyl groups is 1. The van der Waals surface area contributed by atoms with Crippen molar-refractivity contribution < 1.29 is 9.90 Å². The number of nitrogens with one attached hydrogen (secondary N) is 1. The first-order valence-electron chi connectivity index (χ1n) is 7.89. The molecule has 0 fully saturated rings. The Morgan fingerprint density at radius 1 is 1.21 bits per heavy atom. The molecule has 2 N–H and O–H groups in total. The van der Waals surface area contributed by atoms with Gasteiger partial charge in [0.15, 0.2) is 0 Å². The largest absolute Gasteiger partial charge is 0.494 e. The molecular weight excluding hydrogens is 326 g/mol. The number of hydrogen-bond donors (Lipinski definition) is 2. The molecular formula is C18H20ClN3O2. The molecule has 1 amide bonds. The van der Waals surface area contributed by atoms with E-state index in [0.717, 1.165) is 5.56 Å². The lowest BCUT2D eigenvalue weighted by atomic mass is 10.0. The molecule has 1 aromatic carbocycles. The molecule has 2 aliphatic heterocycles. The van der Waals surface area contributed by atoms with Crippen LogP contribution in [-0.4, -0.2) is 27.5 Å². The molecule has 6 heteroatoms. The first-order valence-corrected chi connectivity index (χ1v) is 8.27. The van der Waals surface area contributed by atoms with Crippen molar-refractivity contribution in [2.24, 2.45) is 5.92 Å². The van der Waals surface area contributed by atoms with Gasteiger partial charge in [-0.3, -0.25) is 15.1 Å². The van der Waals surface area contributed by atoms with E-state index in [1.807, 2.05) is 30.3 Å². The smallest absolute Gasteiger partial charge is 0.279 e. The van der Waals surface area contributed by atoms with Gasteiger partial charge in [0, 0.05) is 13.0 Å². The number of hydrazine groups is 1. The fourth-order valence-electron chi connectivity index (χ4n) is 2.79. The second-order valence-corrected chi connectivity index (χ2v) is 6.67. The van der Waals surface area contributed by atoms with Gasteiger partial charge in [-0.2, -0.15) is 0 Å². The zero-order valence-electron chi connectivity index (χ0n) is 13.7. The highest BCUT2D eigenvalue weighted by Crippen LogP contribution is 2.30. The number of halogens is 1. The minimum atomic E-state index is -0.297. The fraction of sp³-hybridized carbons (Fsp3) is 0.278. The zero-order valence-corrected chi connectivity index (χ0v) is 14.4. The summed E-state index contributed by atoms with van der Waals surface area (Å²) in [6, 6.07) is 9.61. The van der Waals surface area contributed by atoms with Crippen molar-refractivity contribution in [3.63, 3.8) is 0 Å². The normalized spacial score (nSPS) is 17.6. The van der Waals surface area contributed by atoms with Crippen molar-refractivity contribution >= 4 is 17.5 Å². The summed E-state index contributed by atoms with van der Waals surface area (Å²) >= 11 is 6.01. The second-order valence-electron chi connectivity index (χ2n) is 6.26. The van der Waals surface area contributed by atoms with E-state index in [0.29, 0.717) is 35.4 Å². The van der Waals surface area contributed by atoms with E-state index in [2.05, 4.69) is 19.3 Å². The molecule has 24 heavy (non-hydrogen) atoms. The van der Waals surface area contributed by atoms with Gasteiger partial charge >= 0.3 is 0 Å². The number of rotatable bonds is 4. The first-order chi connectivity index (χ1) is 11.5. The summed E-state index contributed by atoms with van der Waals surface area (Å²) in [5, 5.41) is 12.5. The lowest BCUT2D eigenvalue weighted by Gasteiger charge is -2.41. The van der Waals surface area contributed by atoms with E-state index in [9.17, 15) is 9.90 Å². The average molecular weight is 346 g/mol. The Morgan fingerprint density at radius 2 is 1.92 bits per heavy atom. The van der Waals surface area contributed by atoms with Crippen LogP contribution < -0.4 is 5.43 Å². The van der Waals surface area contributed by atoms with E-state index in [4.69, 9.17) is 11.6 Å². The SMILES string of the molecule is CC(C)CN1C2=CC=C(Cl)NN2C(=O)C(Cc2ccccc2)=C1O. The standard InChI is InChI=1S/C18H20ClN3O2/c1-12(2)11-21-16-9-8-15(19)20-22(16)18(24)14(17(21)23)10-13-6-4-3-5-7-13/h3-9,12,20,23H,10-11H2,1-2H3. The van der Waals surface area contributed by atoms with Gasteiger partial charge in [0.2, 0.25) is 5.88 Å². The van der Waals surface area contributed by atoms with Gasteiger partial charge in [-0.15, -0.1) is 0 Å². The highest BCUT2D eigenvalue weighted by Gasteiger charge is 2.37. The quantitative estimate of drug-likeness (QED) is 0.823. The highest BCUT2D eigenvalue weighted by atomic mass is 35.5. The summed E-state index contributed by atoms with van der Waals surface area (Å²) in [5.74, 6) is 0.594. The van der Waals surface area contributed by atoms with Crippen LogP contribution in [0.5, 0.6) is 0 Å². The summed E-state index contributed by atoms with van der Waals surface area (Å²) in [4.78, 5) is 14.6. The van der Waals surface area contributed by atoms with Crippen molar-refractivity contribution in [1.29, 1.82) is 0 Å². The van der Waals surface area contributed by atoms with Gasteiger partial charge in [0.05, 0.1) is 5.57 Å². The summed E-state index contributed by atoms with van der Waals surface area (Å²) in [6.07, 6.45) is 3.75. The lowest BCUT2D eigenvalue weighted by Crippen LogP contribution is -2.52. The van der Waals surface area contributed by atoms with E-state index in [1.165, 1.54) is 5.01 Å². The third-order valence-electron chi connectivity index (χ3n) is 3.86. The number of carbonyl (C=O) groups excluding carboxylic acids is 1. The highest BCUT2D eigenvalue weighted by molar-refractivity contribution is 6.29. The van der Waals surface area contributed by atoms with Crippen molar-refractivity contribution in [3.8, 4) is 0 Å². The molecule has 0 unspecified atom stereocenters. The molecule has 0 aliphatic carbocycles. The number of nitrogens with zero attached hydrogens (tertiary/aromatic N) is 2. The van der Waals surface area contributed by atoms with Gasteiger partial charge < -0.3 is 5.11 Å². The molecule has 0 spiro atoms. The summed E-state index contributed by atoms with van der Waals surface area (Å²) in [6.45, 7) is 4.71. The van der Waals surface area contributed by atoms with Crippen molar-refractivity contribution in [2.75, 3.05) is 6.54 Å². The Balaban J connectivity index is 2.02. The van der Waals surface area contributed by atoms with Gasteiger partial charge in [0.25, 0.3) is 5.91 Å². The molecule has 0 aromatic heterocycles. The van der Waals surface area contributed by atoms with Gasteiger partial charge in [-0.05, 0) is 23.6 Å². The van der Waals surface area contributed by atoms with Crippen LogP contribution in [0, 0.1) is 5.92 Å². The van der Waals surface area contributed by atoms with Crippen LogP contribution in [0.15, 0.2) is 64.9 Å². The minimum Gasteiger partial charge on any atom is -0.494 e. The van der Waals surface area contributed by atoms with E-state index in [1.54, 1.807) is 17.1 Å². The Morgan fingerprint density at radius 3 is 2.58 bits per heavy atom. The molecule has 2 aliphatic rings. The maximum absolute atomic E-state index is 12.8. The van der Waals surface area contributed by atoms with Gasteiger partial charge in [-0.25, -0.2) is 5.01 Å². The monoisotopic (exact) mass is 345 g/mol.